The van der Waals surface area contributed by atoms with E-state index in [0.29, 0.717) is 36.0 Å². The molecule has 2 rings (SSSR count). The van der Waals surface area contributed by atoms with E-state index in [1.807, 2.05) is 45.9 Å². The van der Waals surface area contributed by atoms with Crippen molar-refractivity contribution in [2.24, 2.45) is 0 Å². The number of carbonyl (C=O) groups excluding carboxylic acids is 2. The van der Waals surface area contributed by atoms with E-state index < -0.39 is 12.1 Å². The first-order valence-electron chi connectivity index (χ1n) is 9.84. The molecule has 6 heteroatoms. The largest absolute Gasteiger partial charge is 0.490 e. The van der Waals surface area contributed by atoms with Gasteiger partial charge in [-0.05, 0) is 69.5 Å². The van der Waals surface area contributed by atoms with Crippen LogP contribution in [0.3, 0.4) is 0 Å². The number of carbonyl (C=O) groups is 2. The Morgan fingerprint density at radius 3 is 2.45 bits per heavy atom. The van der Waals surface area contributed by atoms with Crippen LogP contribution in [-0.4, -0.2) is 31.2 Å². The van der Waals surface area contributed by atoms with Crippen LogP contribution in [-0.2, 0) is 9.53 Å². The second-order valence-electron chi connectivity index (χ2n) is 6.80. The highest BCUT2D eigenvalue weighted by Gasteiger charge is 2.21. The molecule has 0 aliphatic heterocycles. The summed E-state index contributed by atoms with van der Waals surface area (Å²) in [6, 6.07) is 10.6. The van der Waals surface area contributed by atoms with E-state index in [4.69, 9.17) is 14.2 Å². The van der Waals surface area contributed by atoms with Crippen molar-refractivity contribution < 1.29 is 23.8 Å². The summed E-state index contributed by atoms with van der Waals surface area (Å²) in [6.45, 7) is 10.3. The van der Waals surface area contributed by atoms with Gasteiger partial charge in [0.25, 0.3) is 5.91 Å². The zero-order chi connectivity index (χ0) is 21.4. The summed E-state index contributed by atoms with van der Waals surface area (Å²) < 4.78 is 16.6. The van der Waals surface area contributed by atoms with Crippen LogP contribution in [0.1, 0.15) is 48.7 Å². The van der Waals surface area contributed by atoms with E-state index in [1.54, 1.807) is 25.1 Å². The lowest BCUT2D eigenvalue weighted by Crippen LogP contribution is -2.30. The average Bonchev–Trinajstić information content (AvgIpc) is 2.69. The summed E-state index contributed by atoms with van der Waals surface area (Å²) >= 11 is 0. The predicted octanol–water partition coefficient (Wildman–Crippen LogP) is 4.67. The number of anilines is 1. The maximum Gasteiger partial charge on any atom is 0.339 e. The number of benzene rings is 2. The minimum Gasteiger partial charge on any atom is -0.490 e. The molecular weight excluding hydrogens is 370 g/mol. The van der Waals surface area contributed by atoms with Gasteiger partial charge in [-0.2, -0.15) is 0 Å². The molecule has 0 fully saturated rings. The highest BCUT2D eigenvalue weighted by molar-refractivity contribution is 5.98. The van der Waals surface area contributed by atoms with E-state index in [1.165, 1.54) is 0 Å². The predicted molar refractivity (Wildman–Crippen MR) is 113 cm³/mol. The molecular formula is C23H29NO5. The molecule has 0 saturated carbocycles. The van der Waals surface area contributed by atoms with Crippen molar-refractivity contribution in [3.63, 3.8) is 0 Å². The molecule has 0 heterocycles. The van der Waals surface area contributed by atoms with Crippen LogP contribution in [0.25, 0.3) is 0 Å². The molecule has 0 radical (unpaired) electrons. The monoisotopic (exact) mass is 399 g/mol. The summed E-state index contributed by atoms with van der Waals surface area (Å²) in [5, 5.41) is 2.81. The molecule has 0 spiro atoms. The fourth-order valence-electron chi connectivity index (χ4n) is 2.62. The summed E-state index contributed by atoms with van der Waals surface area (Å²) in [5.41, 5.74) is 2.97. The second kappa shape index (κ2) is 10.5. The minimum absolute atomic E-state index is 0.295. The SMILES string of the molecule is CCCOc1ccc(C(=O)O[C@H](C)C(=O)Nc2cc(C)ccc2C)cc1OCC. The van der Waals surface area contributed by atoms with E-state index >= 15 is 0 Å². The molecule has 1 atom stereocenters. The van der Waals surface area contributed by atoms with E-state index in [0.717, 1.165) is 17.5 Å². The molecule has 2 aromatic carbocycles. The van der Waals surface area contributed by atoms with Crippen LogP contribution in [0, 0.1) is 13.8 Å². The third-order valence-electron chi connectivity index (χ3n) is 4.24. The van der Waals surface area contributed by atoms with Gasteiger partial charge >= 0.3 is 5.97 Å². The van der Waals surface area contributed by atoms with Crippen LogP contribution < -0.4 is 14.8 Å². The Morgan fingerprint density at radius 2 is 1.76 bits per heavy atom. The number of hydrogen-bond acceptors (Lipinski definition) is 5. The van der Waals surface area contributed by atoms with E-state index in [-0.39, 0.29) is 5.91 Å². The summed E-state index contributed by atoms with van der Waals surface area (Å²) in [6.07, 6.45) is -0.0865. The highest BCUT2D eigenvalue weighted by atomic mass is 16.5. The van der Waals surface area contributed by atoms with Crippen LogP contribution in [0.15, 0.2) is 36.4 Å². The van der Waals surface area contributed by atoms with E-state index in [2.05, 4.69) is 5.32 Å². The highest BCUT2D eigenvalue weighted by Crippen LogP contribution is 2.29. The van der Waals surface area contributed by atoms with Crippen molar-refractivity contribution in [1.29, 1.82) is 0 Å². The van der Waals surface area contributed by atoms with Crippen LogP contribution in [0.4, 0.5) is 5.69 Å². The molecule has 6 nitrogen and oxygen atoms in total. The van der Waals surface area contributed by atoms with Crippen LogP contribution >= 0.6 is 0 Å². The molecule has 0 bridgehead atoms. The molecule has 0 saturated heterocycles. The van der Waals surface area contributed by atoms with Crippen LogP contribution in [0.5, 0.6) is 11.5 Å². The molecule has 0 aromatic heterocycles. The van der Waals surface area contributed by atoms with Gasteiger partial charge in [0.05, 0.1) is 18.8 Å². The van der Waals surface area contributed by atoms with Gasteiger partial charge < -0.3 is 19.5 Å². The van der Waals surface area contributed by atoms with Crippen molar-refractivity contribution in [1.82, 2.24) is 0 Å². The Morgan fingerprint density at radius 1 is 1.00 bits per heavy atom. The first kappa shape index (κ1) is 22.3. The van der Waals surface area contributed by atoms with Gasteiger partial charge in [-0.15, -0.1) is 0 Å². The smallest absolute Gasteiger partial charge is 0.339 e. The lowest BCUT2D eigenvalue weighted by molar-refractivity contribution is -0.123. The fourth-order valence-corrected chi connectivity index (χ4v) is 2.62. The first-order chi connectivity index (χ1) is 13.8. The summed E-state index contributed by atoms with van der Waals surface area (Å²) in [7, 11) is 0. The zero-order valence-electron chi connectivity index (χ0n) is 17.7. The molecule has 1 amide bonds. The van der Waals surface area contributed by atoms with Gasteiger partial charge in [-0.3, -0.25) is 4.79 Å². The third-order valence-corrected chi connectivity index (χ3v) is 4.24. The standard InChI is InChI=1S/C23H29NO5/c1-6-12-28-20-11-10-18(14-21(20)27-7-2)23(26)29-17(5)22(25)24-19-13-15(3)8-9-16(19)4/h8-11,13-14,17H,6-7,12H2,1-5H3,(H,24,25)/t17-/m1/s1. The van der Waals surface area contributed by atoms with Gasteiger partial charge in [-0.25, -0.2) is 4.79 Å². The van der Waals surface area contributed by atoms with Crippen molar-refractivity contribution in [3.8, 4) is 11.5 Å². The quantitative estimate of drug-likeness (QED) is 0.620. The number of ether oxygens (including phenoxy) is 3. The molecule has 0 aliphatic carbocycles. The maximum atomic E-state index is 12.5. The topological polar surface area (TPSA) is 73.9 Å². The van der Waals surface area contributed by atoms with Crippen molar-refractivity contribution >= 4 is 17.6 Å². The Kier molecular flexibility index (Phi) is 8.07. The van der Waals surface area contributed by atoms with Crippen molar-refractivity contribution in [3.05, 3.63) is 53.1 Å². The Balaban J connectivity index is 2.07. The number of aryl methyl sites for hydroxylation is 2. The molecule has 29 heavy (non-hydrogen) atoms. The van der Waals surface area contributed by atoms with Gasteiger partial charge in [-0.1, -0.05) is 19.1 Å². The van der Waals surface area contributed by atoms with Gasteiger partial charge in [0.15, 0.2) is 17.6 Å². The Bertz CT molecular complexity index is 862. The molecule has 156 valence electrons. The second-order valence-corrected chi connectivity index (χ2v) is 6.80. The lowest BCUT2D eigenvalue weighted by atomic mass is 10.1. The number of amides is 1. The summed E-state index contributed by atoms with van der Waals surface area (Å²) in [4.78, 5) is 25.0. The van der Waals surface area contributed by atoms with Crippen molar-refractivity contribution in [2.45, 2.75) is 47.1 Å². The molecule has 0 unspecified atom stereocenters. The van der Waals surface area contributed by atoms with E-state index in [9.17, 15) is 9.59 Å². The number of rotatable bonds is 9. The molecule has 2 aromatic rings. The van der Waals surface area contributed by atoms with Crippen LogP contribution in [0.2, 0.25) is 0 Å². The third kappa shape index (κ3) is 6.24. The van der Waals surface area contributed by atoms with Crippen molar-refractivity contribution in [2.75, 3.05) is 18.5 Å². The molecule has 0 aliphatic rings. The number of nitrogens with one attached hydrogen (secondary N) is 1. The number of esters is 1. The van der Waals surface area contributed by atoms with Gasteiger partial charge in [0, 0.05) is 5.69 Å². The average molecular weight is 399 g/mol. The zero-order valence-corrected chi connectivity index (χ0v) is 17.7. The summed E-state index contributed by atoms with van der Waals surface area (Å²) in [5.74, 6) is 0.0606. The molecule has 1 N–H and O–H groups in total. The lowest BCUT2D eigenvalue weighted by Gasteiger charge is -2.16. The first-order valence-corrected chi connectivity index (χ1v) is 9.84. The fraction of sp³-hybridized carbons (Fsp3) is 0.391. The van der Waals surface area contributed by atoms with Gasteiger partial charge in [0.1, 0.15) is 0 Å². The Hall–Kier alpha value is -3.02. The van der Waals surface area contributed by atoms with Gasteiger partial charge in [0.2, 0.25) is 0 Å². The maximum absolute atomic E-state index is 12.5. The Labute approximate surface area is 172 Å². The minimum atomic E-state index is -0.950. The normalized spacial score (nSPS) is 11.5. The number of hydrogen-bond donors (Lipinski definition) is 1.